The molecule has 0 saturated carbocycles. The SMILES string of the molecule is CC(=O)NC1[C@H](N=[N+]=[N-])OC(CO)[C@H](O)[C@@H]1O. The highest BCUT2D eigenvalue weighted by Gasteiger charge is 2.44. The van der Waals surface area contributed by atoms with Crippen LogP contribution in [0.25, 0.3) is 10.4 Å². The third kappa shape index (κ3) is 3.05. The van der Waals surface area contributed by atoms with E-state index in [9.17, 15) is 15.0 Å². The van der Waals surface area contributed by atoms with E-state index in [0.29, 0.717) is 0 Å². The third-order valence-electron chi connectivity index (χ3n) is 2.44. The number of azide groups is 1. The number of amides is 1. The van der Waals surface area contributed by atoms with E-state index in [0.717, 1.165) is 0 Å². The highest BCUT2D eigenvalue weighted by molar-refractivity contribution is 5.73. The van der Waals surface area contributed by atoms with Crippen molar-refractivity contribution in [3.8, 4) is 0 Å². The zero-order chi connectivity index (χ0) is 13.0. The predicted octanol–water partition coefficient (Wildman–Crippen LogP) is -1.76. The molecule has 9 nitrogen and oxygen atoms in total. The van der Waals surface area contributed by atoms with Crippen LogP contribution in [0.3, 0.4) is 0 Å². The van der Waals surface area contributed by atoms with Crippen molar-refractivity contribution >= 4 is 5.91 Å². The molecule has 0 aromatic rings. The van der Waals surface area contributed by atoms with E-state index in [1.165, 1.54) is 6.92 Å². The molecule has 17 heavy (non-hydrogen) atoms. The smallest absolute Gasteiger partial charge is 0.217 e. The minimum atomic E-state index is -1.39. The lowest BCUT2D eigenvalue weighted by atomic mass is 9.96. The fourth-order valence-electron chi connectivity index (χ4n) is 1.64. The summed E-state index contributed by atoms with van der Waals surface area (Å²) in [6.45, 7) is 0.673. The normalized spacial score (nSPS) is 37.1. The Morgan fingerprint density at radius 3 is 2.65 bits per heavy atom. The number of nitrogens with zero attached hydrogens (tertiary/aromatic N) is 3. The molecule has 1 saturated heterocycles. The van der Waals surface area contributed by atoms with Gasteiger partial charge < -0.3 is 25.4 Å². The summed E-state index contributed by atoms with van der Waals surface area (Å²) in [5.41, 5.74) is 8.34. The van der Waals surface area contributed by atoms with Gasteiger partial charge >= 0.3 is 0 Å². The van der Waals surface area contributed by atoms with Gasteiger partial charge in [0.1, 0.15) is 18.3 Å². The molecule has 0 bridgehead atoms. The van der Waals surface area contributed by atoms with Crippen LogP contribution in [0.1, 0.15) is 6.92 Å². The Morgan fingerprint density at radius 1 is 1.53 bits per heavy atom. The Balaban J connectivity index is 2.90. The summed E-state index contributed by atoms with van der Waals surface area (Å²) in [4.78, 5) is 13.4. The van der Waals surface area contributed by atoms with Crippen molar-refractivity contribution < 1.29 is 24.9 Å². The van der Waals surface area contributed by atoms with Crippen LogP contribution in [0, 0.1) is 0 Å². The van der Waals surface area contributed by atoms with Gasteiger partial charge in [-0.1, -0.05) is 5.11 Å². The summed E-state index contributed by atoms with van der Waals surface area (Å²) in [5, 5.41) is 33.8. The second-order valence-electron chi connectivity index (χ2n) is 3.66. The van der Waals surface area contributed by atoms with Crippen LogP contribution < -0.4 is 5.32 Å². The van der Waals surface area contributed by atoms with Crippen molar-refractivity contribution in [1.29, 1.82) is 0 Å². The van der Waals surface area contributed by atoms with Crippen LogP contribution >= 0.6 is 0 Å². The van der Waals surface area contributed by atoms with Crippen molar-refractivity contribution in [1.82, 2.24) is 5.32 Å². The number of nitrogens with one attached hydrogen (secondary N) is 1. The molecule has 1 heterocycles. The highest BCUT2D eigenvalue weighted by Crippen LogP contribution is 2.22. The first kappa shape index (κ1) is 13.7. The first-order chi connectivity index (χ1) is 8.01. The van der Waals surface area contributed by atoms with Crippen LogP contribution in [-0.4, -0.2) is 58.4 Å². The molecule has 0 aliphatic carbocycles. The van der Waals surface area contributed by atoms with Crippen molar-refractivity contribution in [2.75, 3.05) is 6.61 Å². The average molecular weight is 246 g/mol. The largest absolute Gasteiger partial charge is 0.394 e. The van der Waals surface area contributed by atoms with Gasteiger partial charge in [0, 0.05) is 11.8 Å². The Hall–Kier alpha value is -1.38. The molecule has 2 unspecified atom stereocenters. The molecule has 1 aliphatic rings. The molecule has 0 spiro atoms. The summed E-state index contributed by atoms with van der Waals surface area (Å²) in [6.07, 6.45) is -5.01. The number of carbonyl (C=O) groups is 1. The second kappa shape index (κ2) is 5.80. The van der Waals surface area contributed by atoms with Gasteiger partial charge in [-0.25, -0.2) is 0 Å². The molecule has 0 radical (unpaired) electrons. The fourth-order valence-corrected chi connectivity index (χ4v) is 1.64. The highest BCUT2D eigenvalue weighted by atomic mass is 16.5. The molecule has 0 aromatic carbocycles. The molecule has 9 heteroatoms. The first-order valence-corrected chi connectivity index (χ1v) is 4.95. The van der Waals surface area contributed by atoms with Crippen molar-refractivity contribution in [2.24, 2.45) is 5.11 Å². The number of ether oxygens (including phenoxy) is 1. The Bertz CT molecular complexity index is 332. The fraction of sp³-hybridized carbons (Fsp3) is 0.875. The lowest BCUT2D eigenvalue weighted by Gasteiger charge is -2.40. The van der Waals surface area contributed by atoms with E-state index in [-0.39, 0.29) is 0 Å². The van der Waals surface area contributed by atoms with Crippen LogP contribution in [0.15, 0.2) is 5.11 Å². The van der Waals surface area contributed by atoms with Crippen LogP contribution in [0.4, 0.5) is 0 Å². The molecule has 1 amide bonds. The maximum atomic E-state index is 10.9. The van der Waals surface area contributed by atoms with Gasteiger partial charge in [-0.3, -0.25) is 4.79 Å². The minimum absolute atomic E-state index is 0.467. The molecule has 96 valence electrons. The van der Waals surface area contributed by atoms with Gasteiger partial charge in [0.2, 0.25) is 5.91 Å². The monoisotopic (exact) mass is 246 g/mol. The van der Waals surface area contributed by atoms with Gasteiger partial charge in [0.05, 0.1) is 12.6 Å². The maximum Gasteiger partial charge on any atom is 0.217 e. The van der Waals surface area contributed by atoms with Gasteiger partial charge in [0.25, 0.3) is 0 Å². The summed E-state index contributed by atoms with van der Waals surface area (Å²) in [5.74, 6) is -0.467. The summed E-state index contributed by atoms with van der Waals surface area (Å²) in [7, 11) is 0. The number of hydrogen-bond acceptors (Lipinski definition) is 6. The van der Waals surface area contributed by atoms with Crippen molar-refractivity contribution in [3.05, 3.63) is 10.4 Å². The van der Waals surface area contributed by atoms with Gasteiger partial charge in [-0.05, 0) is 5.53 Å². The minimum Gasteiger partial charge on any atom is -0.394 e. The van der Waals surface area contributed by atoms with E-state index in [1.807, 2.05) is 0 Å². The molecule has 0 aromatic heterocycles. The number of aliphatic hydroxyl groups excluding tert-OH is 3. The second-order valence-corrected chi connectivity index (χ2v) is 3.66. The summed E-state index contributed by atoms with van der Waals surface area (Å²) >= 11 is 0. The third-order valence-corrected chi connectivity index (χ3v) is 2.44. The lowest BCUT2D eigenvalue weighted by Crippen LogP contribution is -2.63. The Labute approximate surface area is 96.6 Å². The topological polar surface area (TPSA) is 148 Å². The quantitative estimate of drug-likeness (QED) is 0.264. The summed E-state index contributed by atoms with van der Waals surface area (Å²) in [6, 6.07) is -1.05. The van der Waals surface area contributed by atoms with E-state index < -0.39 is 43.1 Å². The van der Waals surface area contributed by atoms with Crippen LogP contribution in [0.5, 0.6) is 0 Å². The zero-order valence-corrected chi connectivity index (χ0v) is 9.09. The standard InChI is InChI=1S/C8H14N4O5/c1-3(14)10-5-7(16)6(15)4(2-13)17-8(5)11-12-9/h4-8,13,15-16H,2H2,1H3,(H,10,14)/t4?,5?,6-,7+,8+/m0/s1. The van der Waals surface area contributed by atoms with Crippen molar-refractivity contribution in [3.63, 3.8) is 0 Å². The molecular weight excluding hydrogens is 232 g/mol. The lowest BCUT2D eigenvalue weighted by molar-refractivity contribution is -0.193. The molecule has 1 rings (SSSR count). The van der Waals surface area contributed by atoms with E-state index >= 15 is 0 Å². The van der Waals surface area contributed by atoms with E-state index in [1.54, 1.807) is 0 Å². The van der Waals surface area contributed by atoms with Crippen LogP contribution in [0.2, 0.25) is 0 Å². The number of aliphatic hydroxyl groups is 3. The molecular formula is C8H14N4O5. The van der Waals surface area contributed by atoms with E-state index in [2.05, 4.69) is 15.3 Å². The van der Waals surface area contributed by atoms with Gasteiger partial charge in [0.15, 0.2) is 6.23 Å². The maximum absolute atomic E-state index is 10.9. The molecule has 4 N–H and O–H groups in total. The number of carbonyl (C=O) groups excluding carboxylic acids is 1. The van der Waals surface area contributed by atoms with E-state index in [4.69, 9.17) is 15.4 Å². The molecule has 1 fully saturated rings. The zero-order valence-electron chi connectivity index (χ0n) is 9.09. The van der Waals surface area contributed by atoms with Crippen molar-refractivity contribution in [2.45, 2.75) is 37.5 Å². The molecule has 5 atom stereocenters. The van der Waals surface area contributed by atoms with Gasteiger partial charge in [-0.2, -0.15) is 0 Å². The first-order valence-electron chi connectivity index (χ1n) is 4.95. The molecule has 1 aliphatic heterocycles. The summed E-state index contributed by atoms with van der Waals surface area (Å²) < 4.78 is 5.08. The predicted molar refractivity (Wildman–Crippen MR) is 54.5 cm³/mol. The number of hydrogen-bond donors (Lipinski definition) is 4. The van der Waals surface area contributed by atoms with Crippen LogP contribution in [-0.2, 0) is 9.53 Å². The number of rotatable bonds is 3. The van der Waals surface area contributed by atoms with Gasteiger partial charge in [-0.15, -0.1) is 0 Å². The Kier molecular flexibility index (Phi) is 4.67. The Morgan fingerprint density at radius 2 is 2.18 bits per heavy atom. The average Bonchev–Trinajstić information content (AvgIpc) is 2.28.